The SMILES string of the molecule is CCCCC(Cl)OC(=O)c1ccc(C(=O)OC)cc1. The molecule has 0 saturated heterocycles. The Kier molecular flexibility index (Phi) is 6.36. The molecule has 0 radical (unpaired) electrons. The number of hydrogen-bond acceptors (Lipinski definition) is 4. The van der Waals surface area contributed by atoms with E-state index in [4.69, 9.17) is 16.3 Å². The molecule has 4 nitrogen and oxygen atoms in total. The van der Waals surface area contributed by atoms with Gasteiger partial charge >= 0.3 is 11.9 Å². The molecule has 0 aliphatic carbocycles. The number of carbonyl (C=O) groups is 2. The summed E-state index contributed by atoms with van der Waals surface area (Å²) in [6, 6.07) is 6.05. The minimum atomic E-state index is -0.618. The van der Waals surface area contributed by atoms with Gasteiger partial charge in [-0.25, -0.2) is 9.59 Å². The average molecular weight is 285 g/mol. The Labute approximate surface area is 117 Å². The first-order valence-corrected chi connectivity index (χ1v) is 6.55. The Balaban J connectivity index is 2.60. The summed E-state index contributed by atoms with van der Waals surface area (Å²) in [6.07, 6.45) is 2.53. The maximum Gasteiger partial charge on any atom is 0.339 e. The second-order valence-corrected chi connectivity index (χ2v) is 4.51. The highest BCUT2D eigenvalue weighted by Gasteiger charge is 2.14. The lowest BCUT2D eigenvalue weighted by Gasteiger charge is -2.10. The van der Waals surface area contributed by atoms with Crippen molar-refractivity contribution in [2.45, 2.75) is 31.7 Å². The van der Waals surface area contributed by atoms with E-state index in [0.29, 0.717) is 17.5 Å². The fourth-order valence-corrected chi connectivity index (χ4v) is 1.70. The second-order valence-electron chi connectivity index (χ2n) is 4.03. The lowest BCUT2D eigenvalue weighted by atomic mass is 10.1. The Bertz CT molecular complexity index is 428. The minimum absolute atomic E-state index is 0.356. The van der Waals surface area contributed by atoms with Crippen LogP contribution in [0.5, 0.6) is 0 Å². The van der Waals surface area contributed by atoms with E-state index in [9.17, 15) is 9.59 Å². The predicted octanol–water partition coefficient (Wildman–Crippen LogP) is 3.39. The number of ether oxygens (including phenoxy) is 2. The van der Waals surface area contributed by atoms with Crippen LogP contribution in [0, 0.1) is 0 Å². The molecule has 0 aromatic heterocycles. The third kappa shape index (κ3) is 4.91. The Hall–Kier alpha value is -1.55. The number of benzene rings is 1. The number of hydrogen-bond donors (Lipinski definition) is 0. The highest BCUT2D eigenvalue weighted by molar-refractivity contribution is 6.20. The molecule has 0 bridgehead atoms. The summed E-state index contributed by atoms with van der Waals surface area (Å²) in [6.45, 7) is 2.04. The van der Waals surface area contributed by atoms with E-state index in [0.717, 1.165) is 12.8 Å². The minimum Gasteiger partial charge on any atom is -0.465 e. The quantitative estimate of drug-likeness (QED) is 0.593. The number of methoxy groups -OCH3 is 1. The number of alkyl halides is 1. The lowest BCUT2D eigenvalue weighted by Crippen LogP contribution is -2.13. The number of rotatable bonds is 6. The third-order valence-electron chi connectivity index (χ3n) is 2.56. The molecule has 0 fully saturated rings. The van der Waals surface area contributed by atoms with Gasteiger partial charge in [0.2, 0.25) is 0 Å². The molecular formula is C14H17ClO4. The van der Waals surface area contributed by atoms with Crippen LogP contribution in [0.15, 0.2) is 24.3 Å². The average Bonchev–Trinajstić information content (AvgIpc) is 2.44. The molecule has 0 aliphatic rings. The molecule has 1 atom stereocenters. The van der Waals surface area contributed by atoms with Gasteiger partial charge in [-0.1, -0.05) is 24.9 Å². The molecule has 1 aromatic rings. The van der Waals surface area contributed by atoms with Crippen molar-refractivity contribution in [1.29, 1.82) is 0 Å². The monoisotopic (exact) mass is 284 g/mol. The fourth-order valence-electron chi connectivity index (χ4n) is 1.47. The molecule has 0 aliphatic heterocycles. The van der Waals surface area contributed by atoms with Crippen LogP contribution in [0.1, 0.15) is 46.9 Å². The molecule has 1 aromatic carbocycles. The molecule has 19 heavy (non-hydrogen) atoms. The van der Waals surface area contributed by atoms with Gasteiger partial charge in [0.05, 0.1) is 18.2 Å². The largest absolute Gasteiger partial charge is 0.465 e. The van der Waals surface area contributed by atoms with Crippen LogP contribution in [-0.4, -0.2) is 24.6 Å². The summed E-state index contributed by atoms with van der Waals surface area (Å²) in [5.41, 5.74) is 0.120. The van der Waals surface area contributed by atoms with Crippen molar-refractivity contribution in [2.24, 2.45) is 0 Å². The Morgan fingerprint density at radius 2 is 1.68 bits per heavy atom. The summed E-state index contributed by atoms with van der Waals surface area (Å²) in [5, 5.41) is 0. The molecule has 104 valence electrons. The van der Waals surface area contributed by atoms with Crippen LogP contribution in [0.3, 0.4) is 0 Å². The van der Waals surface area contributed by atoms with Crippen LogP contribution in [-0.2, 0) is 9.47 Å². The van der Waals surface area contributed by atoms with Crippen molar-refractivity contribution in [1.82, 2.24) is 0 Å². The van der Waals surface area contributed by atoms with E-state index in [2.05, 4.69) is 4.74 Å². The van der Waals surface area contributed by atoms with Crippen LogP contribution >= 0.6 is 11.6 Å². The third-order valence-corrected chi connectivity index (χ3v) is 2.87. The van der Waals surface area contributed by atoms with Crippen molar-refractivity contribution in [3.8, 4) is 0 Å². The van der Waals surface area contributed by atoms with Gasteiger partial charge in [-0.3, -0.25) is 0 Å². The molecule has 0 amide bonds. The van der Waals surface area contributed by atoms with Crippen molar-refractivity contribution >= 4 is 23.5 Å². The van der Waals surface area contributed by atoms with E-state index < -0.39 is 17.5 Å². The number of esters is 2. The highest BCUT2D eigenvalue weighted by atomic mass is 35.5. The second kappa shape index (κ2) is 7.79. The van der Waals surface area contributed by atoms with E-state index in [1.807, 2.05) is 6.92 Å². The predicted molar refractivity (Wildman–Crippen MR) is 72.4 cm³/mol. The fraction of sp³-hybridized carbons (Fsp3) is 0.429. The molecule has 1 unspecified atom stereocenters. The summed E-state index contributed by atoms with van der Waals surface area (Å²) >= 11 is 5.89. The smallest absolute Gasteiger partial charge is 0.339 e. The van der Waals surface area contributed by atoms with Crippen molar-refractivity contribution in [3.05, 3.63) is 35.4 Å². The standard InChI is InChI=1S/C14H17ClO4/c1-3-4-5-12(15)19-14(17)11-8-6-10(7-9-11)13(16)18-2/h6-9,12H,3-5H2,1-2H3. The van der Waals surface area contributed by atoms with Crippen LogP contribution < -0.4 is 0 Å². The van der Waals surface area contributed by atoms with Crippen molar-refractivity contribution < 1.29 is 19.1 Å². The molecule has 1 rings (SSSR count). The molecule has 0 saturated carbocycles. The molecular weight excluding hydrogens is 268 g/mol. The Morgan fingerprint density at radius 3 is 2.16 bits per heavy atom. The molecule has 0 N–H and O–H groups in total. The summed E-state index contributed by atoms with van der Waals surface area (Å²) in [4.78, 5) is 23.0. The zero-order valence-electron chi connectivity index (χ0n) is 11.0. The van der Waals surface area contributed by atoms with Crippen molar-refractivity contribution in [2.75, 3.05) is 7.11 Å². The zero-order chi connectivity index (χ0) is 14.3. The van der Waals surface area contributed by atoms with Gasteiger partial charge in [-0.05, 0) is 37.1 Å². The first-order chi connectivity index (χ1) is 9.08. The lowest BCUT2D eigenvalue weighted by molar-refractivity contribution is 0.0432. The topological polar surface area (TPSA) is 52.6 Å². The normalized spacial score (nSPS) is 11.7. The van der Waals surface area contributed by atoms with Gasteiger partial charge in [0.1, 0.15) is 0 Å². The van der Waals surface area contributed by atoms with E-state index in [1.165, 1.54) is 31.4 Å². The van der Waals surface area contributed by atoms with Crippen molar-refractivity contribution in [3.63, 3.8) is 0 Å². The van der Waals surface area contributed by atoms with Gasteiger partial charge < -0.3 is 9.47 Å². The molecule has 5 heteroatoms. The molecule has 0 heterocycles. The summed E-state index contributed by atoms with van der Waals surface area (Å²) in [5.74, 6) is -0.939. The zero-order valence-corrected chi connectivity index (χ0v) is 11.8. The van der Waals surface area contributed by atoms with Gasteiger partial charge in [-0.2, -0.15) is 0 Å². The van der Waals surface area contributed by atoms with Gasteiger partial charge in [0.15, 0.2) is 5.56 Å². The summed E-state index contributed by atoms with van der Waals surface area (Å²) in [7, 11) is 1.30. The Morgan fingerprint density at radius 1 is 1.16 bits per heavy atom. The number of halogens is 1. The first-order valence-electron chi connectivity index (χ1n) is 6.12. The summed E-state index contributed by atoms with van der Waals surface area (Å²) < 4.78 is 9.64. The maximum atomic E-state index is 11.7. The van der Waals surface area contributed by atoms with Crippen LogP contribution in [0.25, 0.3) is 0 Å². The highest BCUT2D eigenvalue weighted by Crippen LogP contribution is 2.13. The number of carbonyl (C=O) groups excluding carboxylic acids is 2. The van der Waals surface area contributed by atoms with E-state index >= 15 is 0 Å². The van der Waals surface area contributed by atoms with E-state index in [1.54, 1.807) is 0 Å². The van der Waals surface area contributed by atoms with Crippen LogP contribution in [0.2, 0.25) is 0 Å². The van der Waals surface area contributed by atoms with Gasteiger partial charge in [0, 0.05) is 0 Å². The molecule has 0 spiro atoms. The van der Waals surface area contributed by atoms with Gasteiger partial charge in [-0.15, -0.1) is 0 Å². The maximum absolute atomic E-state index is 11.7. The van der Waals surface area contributed by atoms with E-state index in [-0.39, 0.29) is 0 Å². The van der Waals surface area contributed by atoms with Gasteiger partial charge in [0.25, 0.3) is 0 Å². The first kappa shape index (κ1) is 15.5. The van der Waals surface area contributed by atoms with Crippen LogP contribution in [0.4, 0.5) is 0 Å². The number of unbranched alkanes of at least 4 members (excludes halogenated alkanes) is 1.